The van der Waals surface area contributed by atoms with Crippen molar-refractivity contribution in [2.45, 2.75) is 71.9 Å². The number of likely N-dealkylation sites (tertiary alicyclic amines) is 1. The van der Waals surface area contributed by atoms with Crippen molar-refractivity contribution in [2.24, 2.45) is 0 Å². The topological polar surface area (TPSA) is 41.6 Å². The SMILES string of the molecule is CC[C@@H]1CCCCN1CCCNC(=O)[C@@H](C)Oc1cccc(C)c1C. The number of piperidine rings is 1. The van der Waals surface area contributed by atoms with E-state index in [1.807, 2.05) is 26.0 Å². The quantitative estimate of drug-likeness (QED) is 0.727. The molecule has 1 N–H and O–H groups in total. The molecule has 140 valence electrons. The summed E-state index contributed by atoms with van der Waals surface area (Å²) in [4.78, 5) is 14.9. The minimum atomic E-state index is -0.473. The fourth-order valence-electron chi connectivity index (χ4n) is 3.55. The second kappa shape index (κ2) is 9.81. The Hall–Kier alpha value is -1.55. The summed E-state index contributed by atoms with van der Waals surface area (Å²) in [5.41, 5.74) is 2.27. The molecule has 0 aliphatic carbocycles. The monoisotopic (exact) mass is 346 g/mol. The molecule has 1 heterocycles. The molecule has 1 aromatic rings. The van der Waals surface area contributed by atoms with Crippen molar-refractivity contribution in [1.29, 1.82) is 0 Å². The summed E-state index contributed by atoms with van der Waals surface area (Å²) in [6.07, 6.45) is 5.75. The minimum absolute atomic E-state index is 0.0356. The molecule has 25 heavy (non-hydrogen) atoms. The molecule has 4 nitrogen and oxygen atoms in total. The van der Waals surface area contributed by atoms with Crippen LogP contribution in [0.4, 0.5) is 0 Å². The summed E-state index contributed by atoms with van der Waals surface area (Å²) < 4.78 is 5.85. The number of amides is 1. The molecule has 1 aliphatic heterocycles. The van der Waals surface area contributed by atoms with Gasteiger partial charge >= 0.3 is 0 Å². The van der Waals surface area contributed by atoms with Gasteiger partial charge in [0.15, 0.2) is 6.10 Å². The van der Waals surface area contributed by atoms with Crippen LogP contribution in [0.3, 0.4) is 0 Å². The van der Waals surface area contributed by atoms with Gasteiger partial charge in [-0.05, 0) is 70.2 Å². The van der Waals surface area contributed by atoms with Crippen LogP contribution in [-0.4, -0.2) is 42.6 Å². The van der Waals surface area contributed by atoms with Crippen LogP contribution in [0.5, 0.6) is 5.75 Å². The molecule has 1 saturated heterocycles. The standard InChI is InChI=1S/C21H34N2O2/c1-5-19-11-6-7-14-23(19)15-9-13-22-21(24)18(4)25-20-12-8-10-16(2)17(20)3/h8,10,12,18-19H,5-7,9,11,13-15H2,1-4H3,(H,22,24)/t18-,19-/m1/s1. The van der Waals surface area contributed by atoms with Gasteiger partial charge < -0.3 is 15.0 Å². The van der Waals surface area contributed by atoms with E-state index in [2.05, 4.69) is 30.1 Å². The van der Waals surface area contributed by atoms with E-state index in [0.29, 0.717) is 6.54 Å². The first-order chi connectivity index (χ1) is 12.0. The molecule has 0 saturated carbocycles. The lowest BCUT2D eigenvalue weighted by molar-refractivity contribution is -0.127. The van der Waals surface area contributed by atoms with Gasteiger partial charge in [0, 0.05) is 19.1 Å². The number of benzene rings is 1. The Kier molecular flexibility index (Phi) is 7.76. The van der Waals surface area contributed by atoms with E-state index < -0.39 is 6.10 Å². The summed E-state index contributed by atoms with van der Waals surface area (Å²) in [5, 5.41) is 3.02. The Morgan fingerprint density at radius 3 is 2.92 bits per heavy atom. The third-order valence-electron chi connectivity index (χ3n) is 5.37. The zero-order valence-electron chi connectivity index (χ0n) is 16.3. The highest BCUT2D eigenvalue weighted by atomic mass is 16.5. The summed E-state index contributed by atoms with van der Waals surface area (Å²) in [6.45, 7) is 11.2. The predicted octanol–water partition coefficient (Wildman–Crippen LogP) is 3.84. The summed E-state index contributed by atoms with van der Waals surface area (Å²) in [7, 11) is 0. The minimum Gasteiger partial charge on any atom is -0.481 e. The summed E-state index contributed by atoms with van der Waals surface area (Å²) in [6, 6.07) is 6.67. The maximum atomic E-state index is 12.3. The van der Waals surface area contributed by atoms with Gasteiger partial charge in [-0.3, -0.25) is 4.79 Å². The molecule has 4 heteroatoms. The molecule has 2 atom stereocenters. The van der Waals surface area contributed by atoms with Crippen LogP contribution in [-0.2, 0) is 4.79 Å². The number of nitrogens with zero attached hydrogens (tertiary/aromatic N) is 1. The molecule has 1 aromatic carbocycles. The fraction of sp³-hybridized carbons (Fsp3) is 0.667. The number of carbonyl (C=O) groups excluding carboxylic acids is 1. The van der Waals surface area contributed by atoms with Crippen molar-refractivity contribution >= 4 is 5.91 Å². The van der Waals surface area contributed by atoms with Crippen LogP contribution in [0.25, 0.3) is 0 Å². The largest absolute Gasteiger partial charge is 0.481 e. The zero-order chi connectivity index (χ0) is 18.2. The number of hydrogen-bond acceptors (Lipinski definition) is 3. The van der Waals surface area contributed by atoms with Crippen molar-refractivity contribution < 1.29 is 9.53 Å². The van der Waals surface area contributed by atoms with Gasteiger partial charge in [0.25, 0.3) is 5.91 Å². The number of aryl methyl sites for hydroxylation is 1. The Morgan fingerprint density at radius 1 is 1.36 bits per heavy atom. The third kappa shape index (κ3) is 5.74. The van der Waals surface area contributed by atoms with Gasteiger partial charge in [-0.2, -0.15) is 0 Å². The summed E-state index contributed by atoms with van der Waals surface area (Å²) >= 11 is 0. The molecule has 0 radical (unpaired) electrons. The molecule has 1 fully saturated rings. The van der Waals surface area contributed by atoms with Crippen LogP contribution in [0.1, 0.15) is 57.1 Å². The van der Waals surface area contributed by atoms with Crippen molar-refractivity contribution in [1.82, 2.24) is 10.2 Å². The van der Waals surface area contributed by atoms with Crippen LogP contribution < -0.4 is 10.1 Å². The van der Waals surface area contributed by atoms with Gasteiger partial charge in [-0.1, -0.05) is 25.5 Å². The van der Waals surface area contributed by atoms with Gasteiger partial charge in [-0.25, -0.2) is 0 Å². The molecule has 1 amide bonds. The van der Waals surface area contributed by atoms with Crippen LogP contribution in [0, 0.1) is 13.8 Å². The average Bonchev–Trinajstić information content (AvgIpc) is 2.62. The van der Waals surface area contributed by atoms with E-state index in [1.165, 1.54) is 37.8 Å². The maximum Gasteiger partial charge on any atom is 0.260 e. The average molecular weight is 347 g/mol. The highest BCUT2D eigenvalue weighted by Gasteiger charge is 2.20. The van der Waals surface area contributed by atoms with Crippen LogP contribution in [0.15, 0.2) is 18.2 Å². The normalized spacial score (nSPS) is 19.4. The van der Waals surface area contributed by atoms with E-state index in [4.69, 9.17) is 4.74 Å². The number of ether oxygens (including phenoxy) is 1. The lowest BCUT2D eigenvalue weighted by Crippen LogP contribution is -2.41. The van der Waals surface area contributed by atoms with Crippen molar-refractivity contribution in [2.75, 3.05) is 19.6 Å². The Labute approximate surface area is 152 Å². The van der Waals surface area contributed by atoms with E-state index >= 15 is 0 Å². The smallest absolute Gasteiger partial charge is 0.260 e. The van der Waals surface area contributed by atoms with Crippen LogP contribution >= 0.6 is 0 Å². The van der Waals surface area contributed by atoms with Crippen molar-refractivity contribution in [3.8, 4) is 5.75 Å². The first-order valence-corrected chi connectivity index (χ1v) is 9.77. The highest BCUT2D eigenvalue weighted by molar-refractivity contribution is 5.80. The molecule has 0 unspecified atom stereocenters. The second-order valence-corrected chi connectivity index (χ2v) is 7.20. The van der Waals surface area contributed by atoms with E-state index in [9.17, 15) is 4.79 Å². The molecular weight excluding hydrogens is 312 g/mol. The summed E-state index contributed by atoms with van der Waals surface area (Å²) in [5.74, 6) is 0.758. The number of hydrogen-bond donors (Lipinski definition) is 1. The second-order valence-electron chi connectivity index (χ2n) is 7.20. The zero-order valence-corrected chi connectivity index (χ0v) is 16.3. The number of carbonyl (C=O) groups is 1. The Morgan fingerprint density at radius 2 is 2.16 bits per heavy atom. The molecule has 0 spiro atoms. The van der Waals surface area contributed by atoms with Gasteiger partial charge in [0.05, 0.1) is 0 Å². The Balaban J connectivity index is 1.71. The van der Waals surface area contributed by atoms with Gasteiger partial charge in [-0.15, -0.1) is 0 Å². The molecule has 0 bridgehead atoms. The number of nitrogens with one attached hydrogen (secondary N) is 1. The highest BCUT2D eigenvalue weighted by Crippen LogP contribution is 2.22. The molecule has 1 aliphatic rings. The molecular formula is C21H34N2O2. The first kappa shape index (κ1) is 19.8. The maximum absolute atomic E-state index is 12.3. The number of rotatable bonds is 8. The van der Waals surface area contributed by atoms with Crippen molar-refractivity contribution in [3.63, 3.8) is 0 Å². The van der Waals surface area contributed by atoms with Crippen LogP contribution in [0.2, 0.25) is 0 Å². The van der Waals surface area contributed by atoms with E-state index in [-0.39, 0.29) is 5.91 Å². The lowest BCUT2D eigenvalue weighted by Gasteiger charge is -2.35. The third-order valence-corrected chi connectivity index (χ3v) is 5.37. The fourth-order valence-corrected chi connectivity index (χ4v) is 3.55. The lowest BCUT2D eigenvalue weighted by atomic mass is 10.00. The first-order valence-electron chi connectivity index (χ1n) is 9.77. The predicted molar refractivity (Wildman–Crippen MR) is 103 cm³/mol. The van der Waals surface area contributed by atoms with E-state index in [0.717, 1.165) is 30.3 Å². The van der Waals surface area contributed by atoms with Crippen molar-refractivity contribution in [3.05, 3.63) is 29.3 Å². The van der Waals surface area contributed by atoms with E-state index in [1.54, 1.807) is 0 Å². The Bertz CT molecular complexity index is 559. The molecule has 0 aromatic heterocycles. The van der Waals surface area contributed by atoms with Gasteiger partial charge in [0.1, 0.15) is 5.75 Å². The van der Waals surface area contributed by atoms with Gasteiger partial charge in [0.2, 0.25) is 0 Å². The molecule has 2 rings (SSSR count).